The Kier molecular flexibility index (Phi) is 5.48. The average Bonchev–Trinajstić information content (AvgIpc) is 2.78. The molecule has 4 rings (SSSR count). The average molecular weight is 402 g/mol. The summed E-state index contributed by atoms with van der Waals surface area (Å²) >= 11 is 0. The van der Waals surface area contributed by atoms with Crippen molar-refractivity contribution < 1.29 is 19.1 Å². The van der Waals surface area contributed by atoms with E-state index in [9.17, 15) is 9.59 Å². The van der Waals surface area contributed by atoms with Crippen LogP contribution in [-0.2, 0) is 13.0 Å². The number of hydrogen-bond donors (Lipinski definition) is 1. The van der Waals surface area contributed by atoms with Crippen molar-refractivity contribution in [2.75, 3.05) is 6.61 Å². The summed E-state index contributed by atoms with van der Waals surface area (Å²) in [5, 5.41) is 0. The van der Waals surface area contributed by atoms with Gasteiger partial charge in [-0.25, -0.2) is 0 Å². The molecule has 1 aromatic heterocycles. The zero-order chi connectivity index (χ0) is 21.1. The first-order valence-electron chi connectivity index (χ1n) is 9.86. The summed E-state index contributed by atoms with van der Waals surface area (Å²) in [6.45, 7) is 2.70. The van der Waals surface area contributed by atoms with Gasteiger partial charge in [0.1, 0.15) is 18.1 Å². The molecular formula is C24H22N2O4. The number of benzene rings is 2. The number of ketones is 1. The van der Waals surface area contributed by atoms with Crippen LogP contribution in [0.2, 0.25) is 0 Å². The van der Waals surface area contributed by atoms with Gasteiger partial charge in [0.05, 0.1) is 12.2 Å². The molecule has 0 fully saturated rings. The van der Waals surface area contributed by atoms with Crippen LogP contribution in [0.3, 0.4) is 0 Å². The van der Waals surface area contributed by atoms with Gasteiger partial charge in [-0.3, -0.25) is 14.6 Å². The Hall–Kier alpha value is -3.67. The highest BCUT2D eigenvalue weighted by Gasteiger charge is 2.27. The van der Waals surface area contributed by atoms with Gasteiger partial charge in [-0.05, 0) is 47.9 Å². The predicted molar refractivity (Wildman–Crippen MR) is 113 cm³/mol. The summed E-state index contributed by atoms with van der Waals surface area (Å²) < 4.78 is 12.1. The summed E-state index contributed by atoms with van der Waals surface area (Å²) in [4.78, 5) is 28.3. The van der Waals surface area contributed by atoms with E-state index in [0.29, 0.717) is 48.7 Å². The Bertz CT molecular complexity index is 1110. The van der Waals surface area contributed by atoms with Crippen molar-refractivity contribution in [2.24, 2.45) is 5.73 Å². The maximum Gasteiger partial charge on any atom is 0.248 e. The molecule has 2 N–H and O–H groups in total. The third-order valence-electron chi connectivity index (χ3n) is 5.15. The molecule has 1 aliphatic heterocycles. The molecule has 0 atom stereocenters. The highest BCUT2D eigenvalue weighted by atomic mass is 16.5. The van der Waals surface area contributed by atoms with Gasteiger partial charge in [0.25, 0.3) is 0 Å². The molecule has 0 aliphatic carbocycles. The number of amides is 1. The molecule has 30 heavy (non-hydrogen) atoms. The number of ether oxygens (including phenoxy) is 2. The van der Waals surface area contributed by atoms with Crippen LogP contribution in [0, 0.1) is 0 Å². The van der Waals surface area contributed by atoms with E-state index in [0.717, 1.165) is 22.3 Å². The number of nitrogens with zero attached hydrogens (tertiary/aromatic N) is 1. The minimum Gasteiger partial charge on any atom is -0.492 e. The molecule has 0 spiro atoms. The maximum atomic E-state index is 12.6. The Morgan fingerprint density at radius 3 is 2.70 bits per heavy atom. The fraction of sp³-hybridized carbons (Fsp3) is 0.208. The van der Waals surface area contributed by atoms with Crippen LogP contribution in [-0.4, -0.2) is 23.3 Å². The summed E-state index contributed by atoms with van der Waals surface area (Å²) in [7, 11) is 0. The smallest absolute Gasteiger partial charge is 0.248 e. The van der Waals surface area contributed by atoms with Crippen LogP contribution in [0.25, 0.3) is 11.1 Å². The van der Waals surface area contributed by atoms with E-state index >= 15 is 0 Å². The molecule has 1 amide bonds. The van der Waals surface area contributed by atoms with Crippen molar-refractivity contribution in [3.8, 4) is 22.6 Å². The first-order chi connectivity index (χ1) is 14.6. The van der Waals surface area contributed by atoms with E-state index in [-0.39, 0.29) is 5.78 Å². The Morgan fingerprint density at radius 2 is 1.97 bits per heavy atom. The number of rotatable bonds is 6. The van der Waals surface area contributed by atoms with Crippen LogP contribution in [0.15, 0.2) is 54.9 Å². The Morgan fingerprint density at radius 1 is 1.17 bits per heavy atom. The Balaban J connectivity index is 1.88. The topological polar surface area (TPSA) is 91.5 Å². The van der Waals surface area contributed by atoms with E-state index in [4.69, 9.17) is 15.2 Å². The van der Waals surface area contributed by atoms with E-state index < -0.39 is 5.91 Å². The summed E-state index contributed by atoms with van der Waals surface area (Å²) in [6.07, 6.45) is 4.40. The highest BCUT2D eigenvalue weighted by molar-refractivity contribution is 6.02. The third-order valence-corrected chi connectivity index (χ3v) is 5.15. The number of carbonyl (C=O) groups is 2. The van der Waals surface area contributed by atoms with Gasteiger partial charge in [0.15, 0.2) is 5.78 Å². The number of carbonyl (C=O) groups excluding carboxylic acids is 2. The molecular weight excluding hydrogens is 380 g/mol. The van der Waals surface area contributed by atoms with E-state index in [2.05, 4.69) is 4.98 Å². The van der Waals surface area contributed by atoms with Crippen molar-refractivity contribution in [3.63, 3.8) is 0 Å². The molecule has 2 aromatic carbocycles. The van der Waals surface area contributed by atoms with Crippen molar-refractivity contribution in [3.05, 3.63) is 77.1 Å². The minimum atomic E-state index is -0.510. The fourth-order valence-corrected chi connectivity index (χ4v) is 3.63. The number of pyridine rings is 1. The number of nitrogens with two attached hydrogens (primary N) is 1. The van der Waals surface area contributed by atoms with Gasteiger partial charge in [-0.2, -0.15) is 0 Å². The molecule has 6 nitrogen and oxygen atoms in total. The molecule has 0 saturated carbocycles. The molecule has 152 valence electrons. The molecule has 0 unspecified atom stereocenters. The number of aromatic nitrogens is 1. The van der Waals surface area contributed by atoms with Gasteiger partial charge in [-0.15, -0.1) is 0 Å². The van der Waals surface area contributed by atoms with Gasteiger partial charge < -0.3 is 15.2 Å². The lowest BCUT2D eigenvalue weighted by Gasteiger charge is -2.24. The highest BCUT2D eigenvalue weighted by Crippen LogP contribution is 2.43. The second-order valence-corrected chi connectivity index (χ2v) is 7.07. The van der Waals surface area contributed by atoms with Gasteiger partial charge in [-0.1, -0.05) is 19.1 Å². The summed E-state index contributed by atoms with van der Waals surface area (Å²) in [5.41, 5.74) is 9.72. The lowest BCUT2D eigenvalue weighted by molar-refractivity contribution is 0.0931. The van der Waals surface area contributed by atoms with Crippen LogP contribution >= 0.6 is 0 Å². The quantitative estimate of drug-likeness (QED) is 0.674. The summed E-state index contributed by atoms with van der Waals surface area (Å²) in [6, 6.07) is 12.6. The Labute approximate surface area is 174 Å². The molecule has 0 radical (unpaired) electrons. The van der Waals surface area contributed by atoms with Crippen LogP contribution in [0.5, 0.6) is 11.5 Å². The van der Waals surface area contributed by atoms with Crippen molar-refractivity contribution >= 4 is 11.7 Å². The molecule has 0 bridgehead atoms. The fourth-order valence-electron chi connectivity index (χ4n) is 3.63. The lowest BCUT2D eigenvalue weighted by Crippen LogP contribution is -2.18. The number of primary amides is 1. The van der Waals surface area contributed by atoms with Gasteiger partial charge in [0, 0.05) is 35.5 Å². The third kappa shape index (κ3) is 3.76. The zero-order valence-corrected chi connectivity index (χ0v) is 16.7. The van der Waals surface area contributed by atoms with E-state index in [1.54, 1.807) is 36.7 Å². The maximum absolute atomic E-state index is 12.6. The molecule has 0 saturated heterocycles. The zero-order valence-electron chi connectivity index (χ0n) is 16.7. The van der Waals surface area contributed by atoms with Gasteiger partial charge in [0.2, 0.25) is 5.91 Å². The molecule has 2 heterocycles. The van der Waals surface area contributed by atoms with E-state index in [1.807, 2.05) is 25.1 Å². The number of fused-ring (bicyclic) bond motifs is 1. The largest absolute Gasteiger partial charge is 0.492 e. The van der Waals surface area contributed by atoms with Gasteiger partial charge >= 0.3 is 0 Å². The second kappa shape index (κ2) is 8.37. The van der Waals surface area contributed by atoms with Crippen molar-refractivity contribution in [1.82, 2.24) is 4.98 Å². The number of hydrogen-bond acceptors (Lipinski definition) is 5. The van der Waals surface area contributed by atoms with Crippen molar-refractivity contribution in [1.29, 1.82) is 0 Å². The van der Waals surface area contributed by atoms with E-state index in [1.165, 1.54) is 0 Å². The SMILES string of the molecule is CCc1c2c(cc(-c3cccc(C(N)=O)c3)c1OCc1ccncc1)C(=O)CCO2. The lowest BCUT2D eigenvalue weighted by atomic mass is 9.91. The minimum absolute atomic E-state index is 0.0407. The monoisotopic (exact) mass is 402 g/mol. The normalized spacial score (nSPS) is 12.8. The van der Waals surface area contributed by atoms with Crippen molar-refractivity contribution in [2.45, 2.75) is 26.4 Å². The van der Waals surface area contributed by atoms with Crippen LogP contribution < -0.4 is 15.2 Å². The van der Waals surface area contributed by atoms with Crippen LogP contribution in [0.4, 0.5) is 0 Å². The molecule has 6 heteroatoms. The predicted octanol–water partition coefficient (Wildman–Crippen LogP) is 3.95. The standard InChI is InChI=1S/C24H22N2O4/c1-2-18-22(30-14-15-6-9-26-10-7-15)19(13-20-21(27)8-11-29-23(18)20)16-4-3-5-17(12-16)24(25)28/h3-7,9-10,12-13H,2,8,11,14H2,1H3,(H2,25,28). The second-order valence-electron chi connectivity index (χ2n) is 7.07. The molecule has 3 aromatic rings. The number of Topliss-reactive ketones (excluding diaryl/α,β-unsaturated/α-hetero) is 1. The molecule has 1 aliphatic rings. The first kappa shape index (κ1) is 19.6. The van der Waals surface area contributed by atoms with Crippen LogP contribution in [0.1, 0.15) is 45.2 Å². The summed E-state index contributed by atoms with van der Waals surface area (Å²) in [5.74, 6) is 0.765. The first-order valence-corrected chi connectivity index (χ1v) is 9.86.